The van der Waals surface area contributed by atoms with Crippen molar-refractivity contribution in [3.05, 3.63) is 84.5 Å². The van der Waals surface area contributed by atoms with Crippen molar-refractivity contribution in [3.63, 3.8) is 0 Å². The van der Waals surface area contributed by atoms with Crippen LogP contribution in [-0.4, -0.2) is 0 Å². The molecule has 0 N–H and O–H groups in total. The third-order valence-corrected chi connectivity index (χ3v) is 2.81. The van der Waals surface area contributed by atoms with Gasteiger partial charge in [0.1, 0.15) is 0 Å². The maximum Gasteiger partial charge on any atom is -0.0109 e. The van der Waals surface area contributed by atoms with Gasteiger partial charge in [0.15, 0.2) is 0 Å². The smallest absolute Gasteiger partial charge is 0.0109 e. The number of hydrogen-bond acceptors (Lipinski definition) is 0. The zero-order valence-electron chi connectivity index (χ0n) is 11.3. The molecule has 0 bridgehead atoms. The summed E-state index contributed by atoms with van der Waals surface area (Å²) in [6, 6.07) is 6.14. The molecule has 0 aliphatic rings. The summed E-state index contributed by atoms with van der Waals surface area (Å²) < 4.78 is 0. The molecular formula is C18H20. The first-order valence-electron chi connectivity index (χ1n) is 5.91. The molecule has 0 unspecified atom stereocenters. The van der Waals surface area contributed by atoms with Crippen LogP contribution in [0.15, 0.2) is 67.8 Å². The molecule has 0 aliphatic heterocycles. The van der Waals surface area contributed by atoms with E-state index in [1.807, 2.05) is 37.3 Å². The maximum atomic E-state index is 4.12. The number of rotatable bonds is 5. The Morgan fingerprint density at radius 3 is 2.33 bits per heavy atom. The molecule has 0 nitrogen and oxygen atoms in total. The van der Waals surface area contributed by atoms with Crippen LogP contribution in [0.1, 0.15) is 23.6 Å². The third-order valence-electron chi connectivity index (χ3n) is 2.81. The van der Waals surface area contributed by atoms with Crippen molar-refractivity contribution in [2.24, 2.45) is 0 Å². The lowest BCUT2D eigenvalue weighted by Gasteiger charge is -2.12. The third kappa shape index (κ3) is 3.21. The van der Waals surface area contributed by atoms with E-state index in [2.05, 4.69) is 39.3 Å². The summed E-state index contributed by atoms with van der Waals surface area (Å²) in [6.45, 7) is 19.9. The molecule has 0 aromatic heterocycles. The highest BCUT2D eigenvalue weighted by atomic mass is 14.1. The zero-order valence-corrected chi connectivity index (χ0v) is 11.3. The van der Waals surface area contributed by atoms with Gasteiger partial charge in [0, 0.05) is 0 Å². The molecule has 0 atom stereocenters. The second-order valence-corrected chi connectivity index (χ2v) is 4.42. The number of hydrogen-bond donors (Lipinski definition) is 0. The number of benzene rings is 1. The van der Waals surface area contributed by atoms with Gasteiger partial charge in [-0.1, -0.05) is 68.3 Å². The molecule has 0 heterocycles. The number of aryl methyl sites for hydroxylation is 1. The van der Waals surface area contributed by atoms with E-state index in [0.29, 0.717) is 0 Å². The molecule has 0 radical (unpaired) electrons. The van der Waals surface area contributed by atoms with E-state index in [4.69, 9.17) is 0 Å². The normalized spacial score (nSPS) is 10.3. The Morgan fingerprint density at radius 1 is 1.11 bits per heavy atom. The second-order valence-electron chi connectivity index (χ2n) is 4.42. The monoisotopic (exact) mass is 236 g/mol. The fraction of sp³-hybridized carbons (Fsp3) is 0.111. The van der Waals surface area contributed by atoms with Crippen LogP contribution in [0.5, 0.6) is 0 Å². The van der Waals surface area contributed by atoms with Crippen LogP contribution >= 0.6 is 0 Å². The summed E-state index contributed by atoms with van der Waals surface area (Å²) in [5.74, 6) is 0. The molecule has 0 saturated carbocycles. The SMILES string of the molecule is C=Cc1c(C)cccc1C(=C)C(=C)/C=C\C(=C)C. The van der Waals surface area contributed by atoms with Crippen molar-refractivity contribution >= 4 is 11.6 Å². The molecule has 0 saturated heterocycles. The lowest BCUT2D eigenvalue weighted by molar-refractivity contribution is 1.41. The summed E-state index contributed by atoms with van der Waals surface area (Å²) in [7, 11) is 0. The Morgan fingerprint density at radius 2 is 1.78 bits per heavy atom. The zero-order chi connectivity index (χ0) is 13.7. The van der Waals surface area contributed by atoms with Crippen LogP contribution in [0.25, 0.3) is 11.6 Å². The summed E-state index contributed by atoms with van der Waals surface area (Å²) in [5.41, 5.74) is 6.21. The lowest BCUT2D eigenvalue weighted by atomic mass is 9.93. The second kappa shape index (κ2) is 6.02. The molecular weight excluding hydrogens is 216 g/mol. The molecule has 0 spiro atoms. The van der Waals surface area contributed by atoms with Gasteiger partial charge in [-0.3, -0.25) is 0 Å². The first-order chi connectivity index (χ1) is 8.47. The summed E-state index contributed by atoms with van der Waals surface area (Å²) >= 11 is 0. The summed E-state index contributed by atoms with van der Waals surface area (Å²) in [6.07, 6.45) is 5.75. The van der Waals surface area contributed by atoms with Gasteiger partial charge in [0.05, 0.1) is 0 Å². The van der Waals surface area contributed by atoms with Crippen molar-refractivity contribution < 1.29 is 0 Å². The molecule has 1 rings (SSSR count). The largest absolute Gasteiger partial charge is 0.0984 e. The minimum atomic E-state index is 0.895. The van der Waals surface area contributed by atoms with E-state index in [1.165, 1.54) is 5.56 Å². The highest BCUT2D eigenvalue weighted by Gasteiger charge is 2.07. The lowest BCUT2D eigenvalue weighted by Crippen LogP contribution is -1.92. The van der Waals surface area contributed by atoms with E-state index in [-0.39, 0.29) is 0 Å². The van der Waals surface area contributed by atoms with Crippen LogP contribution in [0, 0.1) is 6.92 Å². The van der Waals surface area contributed by atoms with Crippen LogP contribution in [0.3, 0.4) is 0 Å². The molecule has 0 heteroatoms. The van der Waals surface area contributed by atoms with Gasteiger partial charge in [-0.15, -0.1) is 0 Å². The van der Waals surface area contributed by atoms with Crippen molar-refractivity contribution in [2.75, 3.05) is 0 Å². The van der Waals surface area contributed by atoms with Crippen LogP contribution < -0.4 is 0 Å². The van der Waals surface area contributed by atoms with Crippen LogP contribution in [-0.2, 0) is 0 Å². The highest BCUT2D eigenvalue weighted by Crippen LogP contribution is 2.27. The maximum absolute atomic E-state index is 4.12. The van der Waals surface area contributed by atoms with Crippen molar-refractivity contribution in [1.29, 1.82) is 0 Å². The highest BCUT2D eigenvalue weighted by molar-refractivity contribution is 5.84. The van der Waals surface area contributed by atoms with Gasteiger partial charge in [-0.2, -0.15) is 0 Å². The summed E-state index contributed by atoms with van der Waals surface area (Å²) in [4.78, 5) is 0. The predicted octanol–water partition coefficient (Wildman–Crippen LogP) is 5.34. The van der Waals surface area contributed by atoms with Crippen molar-refractivity contribution in [3.8, 4) is 0 Å². The summed E-state index contributed by atoms with van der Waals surface area (Å²) in [5, 5.41) is 0. The Kier molecular flexibility index (Phi) is 4.67. The molecule has 0 fully saturated rings. The fourth-order valence-corrected chi connectivity index (χ4v) is 1.73. The van der Waals surface area contributed by atoms with Crippen molar-refractivity contribution in [1.82, 2.24) is 0 Å². The van der Waals surface area contributed by atoms with E-state index >= 15 is 0 Å². The number of allylic oxidation sites excluding steroid dienone is 5. The average molecular weight is 236 g/mol. The minimum absolute atomic E-state index is 0.895. The molecule has 0 aliphatic carbocycles. The van der Waals surface area contributed by atoms with Gasteiger partial charge in [-0.25, -0.2) is 0 Å². The molecule has 18 heavy (non-hydrogen) atoms. The van der Waals surface area contributed by atoms with Gasteiger partial charge in [-0.05, 0) is 41.7 Å². The molecule has 0 amide bonds. The quantitative estimate of drug-likeness (QED) is 0.605. The van der Waals surface area contributed by atoms with Crippen LogP contribution in [0.4, 0.5) is 0 Å². The standard InChI is InChI=1S/C18H20/c1-7-17-15(5)9-8-10-18(17)16(6)14(4)12-11-13(2)3/h7-12H,1-2,4,6H2,3,5H3/b12-11-. The fourth-order valence-electron chi connectivity index (χ4n) is 1.73. The van der Waals surface area contributed by atoms with Crippen LogP contribution in [0.2, 0.25) is 0 Å². The average Bonchev–Trinajstić information content (AvgIpc) is 2.34. The Balaban J connectivity index is 3.12. The van der Waals surface area contributed by atoms with E-state index in [9.17, 15) is 0 Å². The van der Waals surface area contributed by atoms with Gasteiger partial charge >= 0.3 is 0 Å². The predicted molar refractivity (Wildman–Crippen MR) is 83.4 cm³/mol. The minimum Gasteiger partial charge on any atom is -0.0984 e. The van der Waals surface area contributed by atoms with E-state index < -0.39 is 0 Å². The Hall–Kier alpha value is -2.08. The Labute approximate surface area is 110 Å². The van der Waals surface area contributed by atoms with Gasteiger partial charge < -0.3 is 0 Å². The topological polar surface area (TPSA) is 0 Å². The first-order valence-corrected chi connectivity index (χ1v) is 5.91. The van der Waals surface area contributed by atoms with Gasteiger partial charge in [0.25, 0.3) is 0 Å². The molecule has 1 aromatic carbocycles. The van der Waals surface area contributed by atoms with E-state index in [0.717, 1.165) is 27.8 Å². The van der Waals surface area contributed by atoms with Gasteiger partial charge in [0.2, 0.25) is 0 Å². The Bertz CT molecular complexity index is 539. The van der Waals surface area contributed by atoms with E-state index in [1.54, 1.807) is 0 Å². The first kappa shape index (κ1) is 14.0. The molecule has 1 aromatic rings. The van der Waals surface area contributed by atoms with Crippen molar-refractivity contribution in [2.45, 2.75) is 13.8 Å². The molecule has 92 valence electrons.